The van der Waals surface area contributed by atoms with Crippen LogP contribution in [0, 0.1) is 24.5 Å². The van der Waals surface area contributed by atoms with E-state index in [9.17, 15) is 8.78 Å². The van der Waals surface area contributed by atoms with Gasteiger partial charge in [0, 0.05) is 24.5 Å². The third-order valence-corrected chi connectivity index (χ3v) is 3.77. The van der Waals surface area contributed by atoms with E-state index in [1.54, 1.807) is 6.92 Å². The van der Waals surface area contributed by atoms with Crippen LogP contribution in [0.4, 0.5) is 14.6 Å². The monoisotopic (exact) mass is 277 g/mol. The number of aryl methyl sites for hydroxylation is 1. The summed E-state index contributed by atoms with van der Waals surface area (Å²) in [4.78, 5) is 10.6. The van der Waals surface area contributed by atoms with Crippen molar-refractivity contribution in [1.29, 1.82) is 0 Å². The second-order valence-corrected chi connectivity index (χ2v) is 5.57. The highest BCUT2D eigenvalue weighted by molar-refractivity contribution is 5.90. The van der Waals surface area contributed by atoms with Crippen LogP contribution in [0.2, 0.25) is 0 Å². The molecule has 106 valence electrons. The lowest BCUT2D eigenvalue weighted by atomic mass is 10.00. The van der Waals surface area contributed by atoms with Crippen molar-refractivity contribution in [3.63, 3.8) is 0 Å². The molecule has 1 saturated heterocycles. The van der Waals surface area contributed by atoms with Gasteiger partial charge in [-0.3, -0.25) is 0 Å². The average molecular weight is 277 g/mol. The summed E-state index contributed by atoms with van der Waals surface area (Å²) in [5, 5.41) is 0.460. The van der Waals surface area contributed by atoms with E-state index >= 15 is 0 Å². The number of hydrogen-bond donors (Lipinski definition) is 0. The zero-order chi connectivity index (χ0) is 14.3. The van der Waals surface area contributed by atoms with Crippen molar-refractivity contribution in [1.82, 2.24) is 9.97 Å². The van der Waals surface area contributed by atoms with Crippen molar-refractivity contribution in [2.45, 2.75) is 26.7 Å². The second kappa shape index (κ2) is 4.96. The maximum atomic E-state index is 13.9. The first-order chi connectivity index (χ1) is 9.54. The fourth-order valence-corrected chi connectivity index (χ4v) is 2.87. The highest BCUT2D eigenvalue weighted by atomic mass is 19.1. The van der Waals surface area contributed by atoms with Gasteiger partial charge in [0.1, 0.15) is 23.0 Å². The first-order valence-corrected chi connectivity index (χ1v) is 6.93. The summed E-state index contributed by atoms with van der Waals surface area (Å²) < 4.78 is 27.4. The number of anilines is 1. The van der Waals surface area contributed by atoms with E-state index in [4.69, 9.17) is 0 Å². The van der Waals surface area contributed by atoms with Crippen molar-refractivity contribution < 1.29 is 8.78 Å². The Morgan fingerprint density at radius 2 is 2.05 bits per heavy atom. The number of rotatable bonds is 1. The van der Waals surface area contributed by atoms with E-state index in [0.29, 0.717) is 22.9 Å². The SMILES string of the molecule is Cc1nc(N2CCCC(C)C2)c2cc(F)cc(F)c2n1. The Balaban J connectivity index is 2.18. The molecule has 2 heterocycles. The Labute approximate surface area is 116 Å². The summed E-state index contributed by atoms with van der Waals surface area (Å²) in [6.45, 7) is 5.65. The predicted octanol–water partition coefficient (Wildman–Crippen LogP) is 3.45. The molecular formula is C15H17F2N3. The molecule has 0 radical (unpaired) electrons. The van der Waals surface area contributed by atoms with Crippen LogP contribution in [-0.4, -0.2) is 23.1 Å². The number of halogens is 2. The van der Waals surface area contributed by atoms with Crippen LogP contribution in [0.1, 0.15) is 25.6 Å². The molecule has 0 bridgehead atoms. The van der Waals surface area contributed by atoms with Crippen molar-refractivity contribution >= 4 is 16.7 Å². The first-order valence-electron chi connectivity index (χ1n) is 6.93. The van der Waals surface area contributed by atoms with Gasteiger partial charge in [-0.15, -0.1) is 0 Å². The molecule has 0 amide bonds. The average Bonchev–Trinajstić information content (AvgIpc) is 2.39. The Kier molecular flexibility index (Phi) is 3.28. The van der Waals surface area contributed by atoms with Crippen LogP contribution in [0.3, 0.4) is 0 Å². The third kappa shape index (κ3) is 2.32. The molecule has 0 aliphatic carbocycles. The molecule has 1 atom stereocenters. The minimum atomic E-state index is -0.628. The number of fused-ring (bicyclic) bond motifs is 1. The number of hydrogen-bond acceptors (Lipinski definition) is 3. The van der Waals surface area contributed by atoms with E-state index in [-0.39, 0.29) is 5.52 Å². The number of piperidine rings is 1. The molecule has 20 heavy (non-hydrogen) atoms. The highest BCUT2D eigenvalue weighted by Crippen LogP contribution is 2.29. The molecule has 1 fully saturated rings. The van der Waals surface area contributed by atoms with Gasteiger partial charge in [-0.25, -0.2) is 18.7 Å². The standard InChI is InChI=1S/C15H17F2N3/c1-9-4-3-5-20(8-9)15-12-6-11(16)7-13(17)14(12)18-10(2)19-15/h6-7,9H,3-5,8H2,1-2H3. The van der Waals surface area contributed by atoms with Gasteiger partial charge in [0.15, 0.2) is 5.82 Å². The van der Waals surface area contributed by atoms with Crippen LogP contribution in [-0.2, 0) is 0 Å². The third-order valence-electron chi connectivity index (χ3n) is 3.77. The molecule has 1 aliphatic heterocycles. The fraction of sp³-hybridized carbons (Fsp3) is 0.467. The predicted molar refractivity (Wildman–Crippen MR) is 74.8 cm³/mol. The lowest BCUT2D eigenvalue weighted by Crippen LogP contribution is -2.35. The van der Waals surface area contributed by atoms with Gasteiger partial charge < -0.3 is 4.90 Å². The molecule has 0 N–H and O–H groups in total. The molecule has 1 aromatic carbocycles. The lowest BCUT2D eigenvalue weighted by molar-refractivity contribution is 0.445. The highest BCUT2D eigenvalue weighted by Gasteiger charge is 2.21. The Bertz CT molecular complexity index is 657. The van der Waals surface area contributed by atoms with Crippen LogP contribution in [0.25, 0.3) is 10.9 Å². The second-order valence-electron chi connectivity index (χ2n) is 5.57. The van der Waals surface area contributed by atoms with Gasteiger partial charge in [-0.1, -0.05) is 6.92 Å². The summed E-state index contributed by atoms with van der Waals surface area (Å²) in [7, 11) is 0. The zero-order valence-electron chi connectivity index (χ0n) is 11.7. The molecule has 2 aromatic rings. The molecule has 5 heteroatoms. The summed E-state index contributed by atoms with van der Waals surface area (Å²) in [5.74, 6) is 0.506. The Morgan fingerprint density at radius 3 is 2.80 bits per heavy atom. The molecule has 1 aliphatic rings. The summed E-state index contributed by atoms with van der Waals surface area (Å²) in [5.41, 5.74) is 0.201. The maximum Gasteiger partial charge on any atom is 0.152 e. The Morgan fingerprint density at radius 1 is 1.25 bits per heavy atom. The molecule has 3 rings (SSSR count). The molecular weight excluding hydrogens is 260 g/mol. The van der Waals surface area contributed by atoms with Crippen molar-refractivity contribution in [2.24, 2.45) is 5.92 Å². The maximum absolute atomic E-state index is 13.9. The van der Waals surface area contributed by atoms with Crippen molar-refractivity contribution in [2.75, 3.05) is 18.0 Å². The van der Waals surface area contributed by atoms with Gasteiger partial charge >= 0.3 is 0 Å². The number of aromatic nitrogens is 2. The van der Waals surface area contributed by atoms with Gasteiger partial charge in [0.25, 0.3) is 0 Å². The largest absolute Gasteiger partial charge is 0.356 e. The fourth-order valence-electron chi connectivity index (χ4n) is 2.87. The summed E-state index contributed by atoms with van der Waals surface area (Å²) in [6, 6.07) is 2.20. The zero-order valence-corrected chi connectivity index (χ0v) is 11.7. The lowest BCUT2D eigenvalue weighted by Gasteiger charge is -2.32. The van der Waals surface area contributed by atoms with Gasteiger partial charge in [-0.2, -0.15) is 0 Å². The van der Waals surface area contributed by atoms with Gasteiger partial charge in [-0.05, 0) is 31.7 Å². The smallest absolute Gasteiger partial charge is 0.152 e. The van der Waals surface area contributed by atoms with Crippen LogP contribution in [0.15, 0.2) is 12.1 Å². The summed E-state index contributed by atoms with van der Waals surface area (Å²) >= 11 is 0. The molecule has 1 aromatic heterocycles. The van der Waals surface area contributed by atoms with E-state index < -0.39 is 11.6 Å². The van der Waals surface area contributed by atoms with E-state index in [0.717, 1.165) is 25.6 Å². The van der Waals surface area contributed by atoms with E-state index in [1.165, 1.54) is 12.5 Å². The molecule has 3 nitrogen and oxygen atoms in total. The van der Waals surface area contributed by atoms with E-state index in [1.807, 2.05) is 0 Å². The number of nitrogens with zero attached hydrogens (tertiary/aromatic N) is 3. The quantitative estimate of drug-likeness (QED) is 0.799. The topological polar surface area (TPSA) is 29.0 Å². The molecule has 0 spiro atoms. The van der Waals surface area contributed by atoms with Crippen LogP contribution < -0.4 is 4.90 Å². The van der Waals surface area contributed by atoms with Crippen LogP contribution >= 0.6 is 0 Å². The van der Waals surface area contributed by atoms with E-state index in [2.05, 4.69) is 21.8 Å². The first kappa shape index (κ1) is 13.2. The minimum absolute atomic E-state index is 0.201. The number of benzene rings is 1. The normalized spacial score (nSPS) is 19.6. The minimum Gasteiger partial charge on any atom is -0.356 e. The van der Waals surface area contributed by atoms with Crippen molar-refractivity contribution in [3.8, 4) is 0 Å². The van der Waals surface area contributed by atoms with Crippen LogP contribution in [0.5, 0.6) is 0 Å². The van der Waals surface area contributed by atoms with Gasteiger partial charge in [0.05, 0.1) is 0 Å². The summed E-state index contributed by atoms with van der Waals surface area (Å²) in [6.07, 6.45) is 2.25. The molecule has 1 unspecified atom stereocenters. The molecule has 0 saturated carbocycles. The van der Waals surface area contributed by atoms with Crippen molar-refractivity contribution in [3.05, 3.63) is 29.6 Å². The van der Waals surface area contributed by atoms with Gasteiger partial charge in [0.2, 0.25) is 0 Å². The Hall–Kier alpha value is -1.78.